The average Bonchev–Trinajstić information content (AvgIpc) is 3.52. The van der Waals surface area contributed by atoms with E-state index in [4.69, 9.17) is 4.65 Å². The number of benzene rings is 6. The molecule has 57 heavy (non-hydrogen) atoms. The minimum absolute atomic E-state index is 0. The molecule has 7 rings (SSSR count). The molecule has 3 nitrogen and oxygen atoms in total. The molecule has 1 heterocycles. The molecule has 0 amide bonds. The number of halogens is 4. The maximum absolute atomic E-state index is 9.75. The van der Waals surface area contributed by atoms with Crippen LogP contribution in [0.4, 0.5) is 17.3 Å². The van der Waals surface area contributed by atoms with E-state index in [1.165, 1.54) is 43.2 Å². The van der Waals surface area contributed by atoms with Gasteiger partial charge in [-0.1, -0.05) is 195 Å². The van der Waals surface area contributed by atoms with Crippen molar-refractivity contribution in [1.29, 1.82) is 0 Å². The van der Waals surface area contributed by atoms with Gasteiger partial charge in [0.05, 0.1) is 0 Å². The fourth-order valence-corrected chi connectivity index (χ4v) is 10.1. The van der Waals surface area contributed by atoms with E-state index in [0.29, 0.717) is 0 Å². The zero-order valence-corrected chi connectivity index (χ0v) is 35.6. The van der Waals surface area contributed by atoms with Crippen molar-refractivity contribution >= 4 is 54.9 Å². The summed E-state index contributed by atoms with van der Waals surface area (Å²) in [4.78, 5) is 0. The van der Waals surface area contributed by atoms with Gasteiger partial charge in [-0.05, 0) is 47.7 Å². The first-order chi connectivity index (χ1) is 27.1. The maximum Gasteiger partial charge on any atom is 1.00 e. The Bertz CT molecular complexity index is 1800. The largest absolute Gasteiger partial charge is 1.00 e. The Balaban J connectivity index is -0.000000759. The molecule has 0 spiro atoms. The van der Waals surface area contributed by atoms with Gasteiger partial charge in [-0.2, -0.15) is 6.54 Å². The monoisotopic (exact) mass is 895 g/mol. The van der Waals surface area contributed by atoms with Gasteiger partial charge in [0.25, 0.3) is 0 Å². The van der Waals surface area contributed by atoms with Crippen LogP contribution in [-0.4, -0.2) is 7.25 Å². The van der Waals surface area contributed by atoms with Crippen LogP contribution in [0.1, 0.15) is 30.9 Å². The van der Waals surface area contributed by atoms with Crippen molar-refractivity contribution in [1.82, 2.24) is 0 Å². The van der Waals surface area contributed by atoms with Crippen LogP contribution >= 0.6 is 15.8 Å². The molecule has 7 aromatic rings. The first-order valence-electron chi connectivity index (χ1n) is 17.7. The molecule has 6 aromatic carbocycles. The van der Waals surface area contributed by atoms with E-state index in [9.17, 15) is 17.3 Å². The summed E-state index contributed by atoms with van der Waals surface area (Å²) in [7, 11) is -6.89. The number of aromatic nitrogens is 2. The van der Waals surface area contributed by atoms with E-state index >= 15 is 0 Å². The minimum Gasteiger partial charge on any atom is -1.00 e. The first kappa shape index (κ1) is 48.4. The number of imidazole rings is 1. The van der Waals surface area contributed by atoms with Gasteiger partial charge in [-0.15, -0.1) is 26.5 Å². The van der Waals surface area contributed by atoms with Gasteiger partial charge >= 0.3 is 42.3 Å². The summed E-state index contributed by atoms with van der Waals surface area (Å²) in [6.07, 6.45) is 3.17. The fourth-order valence-electron chi connectivity index (χ4n) is 5.47. The second kappa shape index (κ2) is 26.2. The summed E-state index contributed by atoms with van der Waals surface area (Å²) in [6.45, 7) is 16.7. The molecular formula is C46H48BF4N2OP2Ru. The molecule has 0 N–H and O–H groups in total. The Kier molecular flexibility index (Phi) is 22.3. The molecule has 11 heteroatoms. The van der Waals surface area contributed by atoms with Crippen LogP contribution in [0.3, 0.4) is 0 Å². The van der Waals surface area contributed by atoms with E-state index in [0.717, 1.165) is 0 Å². The third-order valence-corrected chi connectivity index (χ3v) is 13.0. The van der Waals surface area contributed by atoms with Crippen LogP contribution in [0.25, 0.3) is 0 Å². The Morgan fingerprint density at radius 3 is 0.895 bits per heavy atom. The van der Waals surface area contributed by atoms with Crippen molar-refractivity contribution in [3.8, 4) is 0 Å². The summed E-state index contributed by atoms with van der Waals surface area (Å²) >= 11 is 0. The van der Waals surface area contributed by atoms with E-state index in [1.54, 1.807) is 0 Å². The fraction of sp³-hybridized carbons (Fsp3) is 0.0870. The van der Waals surface area contributed by atoms with Crippen LogP contribution in [0, 0.1) is 39.9 Å². The molecule has 0 saturated heterocycles. The average molecular weight is 895 g/mol. The maximum atomic E-state index is 9.75. The summed E-state index contributed by atoms with van der Waals surface area (Å²) in [5.41, 5.74) is 2.48. The molecule has 1 aromatic heterocycles. The summed E-state index contributed by atoms with van der Waals surface area (Å²) in [5, 5.41) is 8.39. The van der Waals surface area contributed by atoms with Crippen LogP contribution in [-0.2, 0) is 24.1 Å². The van der Waals surface area contributed by atoms with Crippen LogP contribution in [0.15, 0.2) is 182 Å². The van der Waals surface area contributed by atoms with Gasteiger partial charge < -0.3 is 27.8 Å². The molecular weight excluding hydrogens is 846 g/mol. The topological polar surface area (TPSA) is 27.7 Å². The Hall–Kier alpha value is -4.72. The van der Waals surface area contributed by atoms with Crippen molar-refractivity contribution in [3.63, 3.8) is 0 Å². The number of rotatable bonds is 8. The zero-order valence-electron chi connectivity index (χ0n) is 36.1. The van der Waals surface area contributed by atoms with E-state index in [1.807, 2.05) is 36.1 Å². The van der Waals surface area contributed by atoms with Crippen molar-refractivity contribution in [2.75, 3.05) is 0 Å². The predicted octanol–water partition coefficient (Wildman–Crippen LogP) is 9.06. The van der Waals surface area contributed by atoms with Gasteiger partial charge in [0.1, 0.15) is 0 Å². The number of hydrogen-bond donors (Lipinski definition) is 0. The predicted molar refractivity (Wildman–Crippen MR) is 230 cm³/mol. The molecule has 297 valence electrons. The van der Waals surface area contributed by atoms with E-state index in [2.05, 4.69) is 209 Å². The van der Waals surface area contributed by atoms with Gasteiger partial charge in [0.2, 0.25) is 0 Å². The zero-order chi connectivity index (χ0) is 40.8. The van der Waals surface area contributed by atoms with Gasteiger partial charge in [-0.3, -0.25) is 0 Å². The molecule has 0 aliphatic heterocycles. The first-order valence-corrected chi connectivity index (χ1v) is 20.4. The van der Waals surface area contributed by atoms with Crippen LogP contribution < -0.4 is 41.0 Å². The van der Waals surface area contributed by atoms with Crippen molar-refractivity contribution < 1.29 is 56.2 Å². The van der Waals surface area contributed by atoms with Crippen molar-refractivity contribution in [3.05, 3.63) is 219 Å². The number of nitrogens with zero attached hydrogens (tertiary/aromatic N) is 2. The third-order valence-electron chi connectivity index (χ3n) is 8.06. The normalized spacial score (nSPS) is 10.0. The molecule has 0 saturated carbocycles. The third kappa shape index (κ3) is 16.3. The van der Waals surface area contributed by atoms with E-state index in [-0.39, 0.29) is 25.2 Å². The van der Waals surface area contributed by atoms with Crippen molar-refractivity contribution in [2.24, 2.45) is 0 Å². The summed E-state index contributed by atoms with van der Waals surface area (Å²) in [5.74, 6) is 0. The molecule has 0 fully saturated rings. The van der Waals surface area contributed by atoms with Crippen LogP contribution in [0.2, 0.25) is 0 Å². The standard InChI is InChI=1S/2C18H15P.C9H14N2.CO.BF4.Ru.H/c2*1-4-10-16(11-5-1)19(17-12-6-2-7-13-17)18-14-8-3-9-15-18;1-5-10-7-11(6-2)9(4)8(10)3;1-2;2-1(3,4)5;;/h2*1-15H;5-6H,1-4H3;;;;/q;;-2;;-1;+1;-1/p+3. The summed E-state index contributed by atoms with van der Waals surface area (Å²) < 4.78 is 50.5. The molecule has 0 bridgehead atoms. The van der Waals surface area contributed by atoms with Gasteiger partial charge in [0, 0.05) is 6.33 Å². The smallest absolute Gasteiger partial charge is 1.00 e. The SMILES string of the molecule is C[CH-][n+]1[c-][n+]([CH-]C)[c-](C)c1C.F[B-](F)(F)F.[C-]#[O+].[H+].[H+].[H+].[H-].[Ru+].c1ccc(P(c2ccccc2)c2ccccc2)cc1.c1ccc(P(c2ccccc2)c2ccccc2)cc1. The van der Waals surface area contributed by atoms with Crippen LogP contribution in [0.5, 0.6) is 0 Å². The van der Waals surface area contributed by atoms with Gasteiger partial charge in [0.15, 0.2) is 0 Å². The number of hydrogen-bond acceptors (Lipinski definition) is 0. The summed E-state index contributed by atoms with van der Waals surface area (Å²) in [6, 6.07) is 64.7. The second-order valence-electron chi connectivity index (χ2n) is 11.7. The molecule has 0 unspecified atom stereocenters. The Labute approximate surface area is 356 Å². The van der Waals surface area contributed by atoms with Gasteiger partial charge in [-0.25, -0.2) is 5.69 Å². The Morgan fingerprint density at radius 2 is 0.754 bits per heavy atom. The minimum atomic E-state index is -6.00. The molecule has 1 radical (unpaired) electrons. The molecule has 0 aliphatic rings. The molecule has 0 aliphatic carbocycles. The second-order valence-corrected chi connectivity index (χ2v) is 16.1. The van der Waals surface area contributed by atoms with Crippen molar-refractivity contribution in [2.45, 2.75) is 27.7 Å². The van der Waals surface area contributed by atoms with E-state index < -0.39 is 23.1 Å². The Morgan fingerprint density at radius 1 is 0.544 bits per heavy atom. The molecule has 0 atom stereocenters. The quantitative estimate of drug-likeness (QED) is 0.0364.